The molecule has 0 bridgehead atoms. The van der Waals surface area contributed by atoms with Crippen molar-refractivity contribution in [3.05, 3.63) is 42.5 Å². The molecule has 1 saturated carbocycles. The van der Waals surface area contributed by atoms with Gasteiger partial charge in [-0.2, -0.15) is 0 Å². The van der Waals surface area contributed by atoms with Crippen molar-refractivity contribution < 1.29 is 29.6 Å². The molecule has 3 rings (SSSR count). The Morgan fingerprint density at radius 2 is 2.07 bits per heavy atom. The number of carboxylic acid groups (broad SMARTS) is 1. The molecule has 3 N–H and O–H groups in total. The maximum absolute atomic E-state index is 10.7. The summed E-state index contributed by atoms with van der Waals surface area (Å²) in [5.41, 5.74) is 0. The number of para-hydroxylation sites is 1. The van der Waals surface area contributed by atoms with E-state index in [1.807, 2.05) is 36.4 Å². The molecule has 0 amide bonds. The molecule has 1 saturated heterocycles. The first-order valence-electron chi connectivity index (χ1n) is 10.6. The van der Waals surface area contributed by atoms with Crippen LogP contribution in [0.2, 0.25) is 0 Å². The molecule has 1 aromatic carbocycles. The molecule has 1 heterocycles. The Morgan fingerprint density at radius 3 is 2.83 bits per heavy atom. The van der Waals surface area contributed by atoms with E-state index in [4.69, 9.17) is 14.6 Å². The first kappa shape index (κ1) is 21.8. The number of fused-ring (bicyclic) bond motifs is 1. The number of carboxylic acids is 1. The highest BCUT2D eigenvalue weighted by molar-refractivity contribution is 5.66. The Hall–Kier alpha value is -1.89. The van der Waals surface area contributed by atoms with Crippen LogP contribution in [0.1, 0.15) is 38.5 Å². The zero-order chi connectivity index (χ0) is 20.6. The summed E-state index contributed by atoms with van der Waals surface area (Å²) >= 11 is 0. The molecule has 160 valence electrons. The second-order valence-electron chi connectivity index (χ2n) is 8.22. The number of hydrogen-bond acceptors (Lipinski definition) is 5. The number of aliphatic hydroxyl groups excluding tert-OH is 2. The van der Waals surface area contributed by atoms with Crippen LogP contribution < -0.4 is 4.74 Å². The summed E-state index contributed by atoms with van der Waals surface area (Å²) < 4.78 is 11.7. The van der Waals surface area contributed by atoms with Gasteiger partial charge in [0.25, 0.3) is 0 Å². The second kappa shape index (κ2) is 10.8. The van der Waals surface area contributed by atoms with Gasteiger partial charge in [-0.05, 0) is 49.7 Å². The van der Waals surface area contributed by atoms with Crippen molar-refractivity contribution in [1.82, 2.24) is 0 Å². The smallest absolute Gasteiger partial charge is 0.303 e. The normalized spacial score (nSPS) is 30.6. The van der Waals surface area contributed by atoms with Crippen LogP contribution >= 0.6 is 0 Å². The second-order valence-corrected chi connectivity index (χ2v) is 8.22. The number of rotatable bonds is 9. The Bertz CT molecular complexity index is 661. The highest BCUT2D eigenvalue weighted by Gasteiger charge is 2.43. The van der Waals surface area contributed by atoms with Crippen molar-refractivity contribution in [3.63, 3.8) is 0 Å². The number of aliphatic carboxylic acids is 1. The fraction of sp³-hybridized carbons (Fsp3) is 0.609. The van der Waals surface area contributed by atoms with Crippen molar-refractivity contribution in [3.8, 4) is 5.75 Å². The Kier molecular flexibility index (Phi) is 8.09. The summed E-state index contributed by atoms with van der Waals surface area (Å²) in [7, 11) is 0. The van der Waals surface area contributed by atoms with Crippen LogP contribution in [0.25, 0.3) is 0 Å². The first-order valence-corrected chi connectivity index (χ1v) is 10.6. The lowest BCUT2D eigenvalue weighted by molar-refractivity contribution is -0.137. The van der Waals surface area contributed by atoms with Crippen molar-refractivity contribution in [2.75, 3.05) is 13.2 Å². The maximum atomic E-state index is 10.7. The van der Waals surface area contributed by atoms with Gasteiger partial charge in [-0.3, -0.25) is 4.79 Å². The molecule has 2 aliphatic rings. The lowest BCUT2D eigenvalue weighted by Gasteiger charge is -2.21. The molecule has 29 heavy (non-hydrogen) atoms. The zero-order valence-corrected chi connectivity index (χ0v) is 16.7. The number of hydrogen-bond donors (Lipinski definition) is 3. The summed E-state index contributed by atoms with van der Waals surface area (Å²) in [6.07, 6.45) is 6.75. The van der Waals surface area contributed by atoms with Gasteiger partial charge in [0, 0.05) is 25.4 Å². The standard InChI is InChI=1S/C23H32O6/c24-17(15-28-18-6-2-1-3-7-18)10-12-19-20-11-9-16(5-4-8-23(26)27)14-29-22(20)13-21(19)25/h1-3,6-7,10,12,16-17,19-22,24-25H,4-5,8-9,11,13-15H2,(H,26,27)/b12-10+/t16?,17-,19-,20-,21-,22+/m1/s1. The van der Waals surface area contributed by atoms with E-state index in [1.165, 1.54) is 0 Å². The van der Waals surface area contributed by atoms with E-state index in [0.717, 1.165) is 19.3 Å². The molecule has 6 nitrogen and oxygen atoms in total. The summed E-state index contributed by atoms with van der Waals surface area (Å²) in [5.74, 6) is 0.537. The fourth-order valence-electron chi connectivity index (χ4n) is 4.50. The van der Waals surface area contributed by atoms with Crippen LogP contribution in [-0.2, 0) is 9.53 Å². The lowest BCUT2D eigenvalue weighted by Crippen LogP contribution is -2.22. The summed E-state index contributed by atoms with van der Waals surface area (Å²) in [4.78, 5) is 10.7. The zero-order valence-electron chi connectivity index (χ0n) is 16.7. The van der Waals surface area contributed by atoms with Crippen molar-refractivity contribution in [1.29, 1.82) is 0 Å². The van der Waals surface area contributed by atoms with E-state index >= 15 is 0 Å². The van der Waals surface area contributed by atoms with Crippen LogP contribution in [0, 0.1) is 17.8 Å². The van der Waals surface area contributed by atoms with Crippen molar-refractivity contribution >= 4 is 5.97 Å². The molecular weight excluding hydrogens is 372 g/mol. The van der Waals surface area contributed by atoms with Crippen molar-refractivity contribution in [2.45, 2.75) is 56.8 Å². The third-order valence-electron chi connectivity index (χ3n) is 6.07. The Balaban J connectivity index is 1.49. The topological polar surface area (TPSA) is 96.2 Å². The van der Waals surface area contributed by atoms with Crippen LogP contribution in [-0.4, -0.2) is 52.8 Å². The molecule has 6 heteroatoms. The summed E-state index contributed by atoms with van der Waals surface area (Å²) in [6, 6.07) is 9.36. The van der Waals surface area contributed by atoms with Gasteiger partial charge < -0.3 is 24.8 Å². The minimum atomic E-state index is -0.750. The lowest BCUT2D eigenvalue weighted by atomic mass is 9.86. The maximum Gasteiger partial charge on any atom is 0.303 e. The van der Waals surface area contributed by atoms with E-state index < -0.39 is 18.2 Å². The van der Waals surface area contributed by atoms with E-state index in [9.17, 15) is 15.0 Å². The minimum Gasteiger partial charge on any atom is -0.491 e. The van der Waals surface area contributed by atoms with Gasteiger partial charge in [0.15, 0.2) is 0 Å². The van der Waals surface area contributed by atoms with Crippen molar-refractivity contribution in [2.24, 2.45) is 17.8 Å². The number of benzene rings is 1. The number of aliphatic hydroxyl groups is 2. The Morgan fingerprint density at radius 1 is 1.28 bits per heavy atom. The minimum absolute atomic E-state index is 0.0295. The fourth-order valence-corrected chi connectivity index (χ4v) is 4.50. The molecule has 2 fully saturated rings. The van der Waals surface area contributed by atoms with Crippen LogP contribution in [0.5, 0.6) is 5.75 Å². The molecule has 6 atom stereocenters. The molecular formula is C23H32O6. The molecule has 0 aromatic heterocycles. The van der Waals surface area contributed by atoms with Crippen LogP contribution in [0.4, 0.5) is 0 Å². The molecule has 1 aromatic rings. The van der Waals surface area contributed by atoms with Gasteiger partial charge in [0.05, 0.1) is 12.2 Å². The monoisotopic (exact) mass is 404 g/mol. The van der Waals surface area contributed by atoms with E-state index in [0.29, 0.717) is 31.1 Å². The average molecular weight is 405 g/mol. The molecule has 1 aliphatic carbocycles. The molecule has 0 spiro atoms. The summed E-state index contributed by atoms with van der Waals surface area (Å²) in [6.45, 7) is 0.803. The average Bonchev–Trinajstić information content (AvgIpc) is 2.87. The van der Waals surface area contributed by atoms with E-state index in [1.54, 1.807) is 6.08 Å². The third-order valence-corrected chi connectivity index (χ3v) is 6.07. The highest BCUT2D eigenvalue weighted by Crippen LogP contribution is 2.42. The highest BCUT2D eigenvalue weighted by atomic mass is 16.5. The Labute approximate surface area is 172 Å². The van der Waals surface area contributed by atoms with Gasteiger partial charge in [0.2, 0.25) is 0 Å². The first-order chi connectivity index (χ1) is 14.0. The van der Waals surface area contributed by atoms with Gasteiger partial charge in [-0.1, -0.05) is 30.4 Å². The largest absolute Gasteiger partial charge is 0.491 e. The van der Waals surface area contributed by atoms with Gasteiger partial charge >= 0.3 is 5.97 Å². The molecule has 1 aliphatic heterocycles. The SMILES string of the molecule is O=C(O)CCCC1CC[C@@H]2[C@@H](/C=C/[C@@H](O)COc3ccccc3)[C@H](O)C[C@@H]2OC1. The van der Waals surface area contributed by atoms with Gasteiger partial charge in [-0.25, -0.2) is 0 Å². The van der Waals surface area contributed by atoms with E-state index in [-0.39, 0.29) is 31.0 Å². The number of carbonyl (C=O) groups is 1. The predicted molar refractivity (Wildman–Crippen MR) is 109 cm³/mol. The van der Waals surface area contributed by atoms with E-state index in [2.05, 4.69) is 0 Å². The molecule has 1 unspecified atom stereocenters. The summed E-state index contributed by atoms with van der Waals surface area (Å²) in [5, 5.41) is 29.5. The van der Waals surface area contributed by atoms with Crippen LogP contribution in [0.3, 0.4) is 0 Å². The molecule has 0 radical (unpaired) electrons. The van der Waals surface area contributed by atoms with Gasteiger partial charge in [0.1, 0.15) is 18.5 Å². The third kappa shape index (κ3) is 6.56. The number of ether oxygens (including phenoxy) is 2. The van der Waals surface area contributed by atoms with Gasteiger partial charge in [-0.15, -0.1) is 0 Å². The predicted octanol–water partition coefficient (Wildman–Crippen LogP) is 3.03. The quantitative estimate of drug-likeness (QED) is 0.548. The van der Waals surface area contributed by atoms with Crippen LogP contribution in [0.15, 0.2) is 42.5 Å².